The van der Waals surface area contributed by atoms with E-state index in [1.165, 1.54) is 57.8 Å². The van der Waals surface area contributed by atoms with Gasteiger partial charge in [0.25, 0.3) is 0 Å². The van der Waals surface area contributed by atoms with E-state index >= 15 is 0 Å². The molecule has 1 aliphatic carbocycles. The van der Waals surface area contributed by atoms with Gasteiger partial charge in [0.1, 0.15) is 43.2 Å². The second-order valence-electron chi connectivity index (χ2n) is 16.7. The Hall–Kier alpha value is -1.89. The van der Waals surface area contributed by atoms with Gasteiger partial charge in [-0.2, -0.15) is 0 Å². The van der Waals surface area contributed by atoms with Gasteiger partial charge in [-0.3, -0.25) is 27.7 Å². The Labute approximate surface area is 397 Å². The lowest BCUT2D eigenvalue weighted by Gasteiger charge is -2.44. The summed E-state index contributed by atoms with van der Waals surface area (Å²) in [7, 11) is -16.6. The summed E-state index contributed by atoms with van der Waals surface area (Å²) < 4.78 is 65.4. The van der Waals surface area contributed by atoms with Gasteiger partial charge in [0.05, 0.1) is 6.61 Å². The summed E-state index contributed by atoms with van der Waals surface area (Å²) >= 11 is 0. The smallest absolute Gasteiger partial charge is 0.462 e. The van der Waals surface area contributed by atoms with E-state index in [0.717, 1.165) is 57.8 Å². The molecule has 390 valence electrons. The predicted molar refractivity (Wildman–Crippen MR) is 252 cm³/mol. The average Bonchev–Trinajstić information content (AvgIpc) is 3.25. The molecule has 0 aliphatic heterocycles. The lowest BCUT2D eigenvalue weighted by molar-refractivity contribution is -0.213. The Kier molecular flexibility index (Phi) is 34.8. The molecular weight excluding hydrogens is 937 g/mol. The zero-order valence-corrected chi connectivity index (χ0v) is 42.1. The zero-order chi connectivity index (χ0) is 50.0. The lowest BCUT2D eigenvalue weighted by Crippen LogP contribution is -2.65. The van der Waals surface area contributed by atoms with Gasteiger partial charge in [-0.15, -0.1) is 0 Å². The van der Waals surface area contributed by atoms with Gasteiger partial charge in [0, 0.05) is 12.8 Å². The number of rotatable bonds is 40. The van der Waals surface area contributed by atoms with E-state index < -0.39 is 91.3 Å². The molecule has 19 nitrogen and oxygen atoms in total. The number of aliphatic hydroxyl groups excluding tert-OH is 3. The van der Waals surface area contributed by atoms with E-state index in [2.05, 4.69) is 59.4 Å². The van der Waals surface area contributed by atoms with Gasteiger partial charge in [-0.25, -0.2) is 13.7 Å². The van der Waals surface area contributed by atoms with E-state index in [4.69, 9.17) is 18.5 Å². The van der Waals surface area contributed by atoms with Crippen LogP contribution in [0, 0.1) is 0 Å². The number of aliphatic hydroxyl groups is 3. The van der Waals surface area contributed by atoms with Crippen molar-refractivity contribution in [3.63, 3.8) is 0 Å². The highest BCUT2D eigenvalue weighted by molar-refractivity contribution is 7.47. The van der Waals surface area contributed by atoms with Crippen LogP contribution in [0.3, 0.4) is 0 Å². The second kappa shape index (κ2) is 37.0. The molecule has 0 aromatic rings. The summed E-state index contributed by atoms with van der Waals surface area (Å²) in [5.74, 6) is -1.35. The predicted octanol–water partition coefficient (Wildman–Crippen LogP) is 8.62. The molecule has 0 amide bonds. The SMILES string of the molecule is CCCCCC=CCC=CCC=CCCCCC(=O)OC(COC(=O)CCCCCCCC=CCCCCCCCC)COP(=O)(O)OC1C(O)C(O)C(OP(=O)(O)O)C(OP(=O)(O)O)C1O. The van der Waals surface area contributed by atoms with Crippen LogP contribution in [0.15, 0.2) is 48.6 Å². The number of hydrogen-bond acceptors (Lipinski definition) is 14. The van der Waals surface area contributed by atoms with Crippen LogP contribution in [0.4, 0.5) is 0 Å². The normalized spacial score (nSPS) is 22.0. The van der Waals surface area contributed by atoms with Crippen LogP contribution >= 0.6 is 23.5 Å². The number of hydrogen-bond donors (Lipinski definition) is 8. The van der Waals surface area contributed by atoms with Crippen molar-refractivity contribution in [2.24, 2.45) is 0 Å². The van der Waals surface area contributed by atoms with Gasteiger partial charge >= 0.3 is 35.4 Å². The Balaban J connectivity index is 2.77. The van der Waals surface area contributed by atoms with E-state index in [0.29, 0.717) is 25.7 Å². The standard InChI is InChI=1S/C45H81O19P3/c1-3-5-7-9-11-13-15-17-19-21-23-25-27-29-31-33-38(46)59-35-37(61-39(47)34-32-30-28-26-24-22-20-18-16-14-12-10-8-6-4-2)36-60-67(57,58)64-43-40(48)41(49)44(62-65(51,52)53)45(42(43)50)63-66(54,55)56/h12,14,17-20,24,26,37,40-45,48-50H,3-11,13,15-16,21-23,25,27-36H2,1-2H3,(H,57,58)(H2,51,52,53)(H2,54,55,56). The lowest BCUT2D eigenvalue weighted by atomic mass is 9.85. The van der Waals surface area contributed by atoms with Gasteiger partial charge < -0.3 is 49.3 Å². The number of unbranched alkanes of at least 4 members (excludes halogenated alkanes) is 16. The maximum Gasteiger partial charge on any atom is 0.472 e. The fraction of sp³-hybridized carbons (Fsp3) is 0.778. The summed E-state index contributed by atoms with van der Waals surface area (Å²) in [5.41, 5.74) is 0. The molecule has 0 saturated heterocycles. The van der Waals surface area contributed by atoms with Crippen molar-refractivity contribution in [2.75, 3.05) is 13.2 Å². The minimum Gasteiger partial charge on any atom is -0.462 e. The summed E-state index contributed by atoms with van der Waals surface area (Å²) in [5, 5.41) is 31.9. The molecule has 0 heterocycles. The number of esters is 2. The van der Waals surface area contributed by atoms with Gasteiger partial charge in [-0.1, -0.05) is 127 Å². The summed E-state index contributed by atoms with van der Waals surface area (Å²) in [6.45, 7) is 2.87. The summed E-state index contributed by atoms with van der Waals surface area (Å²) in [4.78, 5) is 73.2. The molecule has 1 rings (SSSR count). The van der Waals surface area contributed by atoms with Crippen molar-refractivity contribution in [2.45, 2.75) is 211 Å². The Bertz CT molecular complexity index is 1590. The average molecular weight is 1020 g/mol. The first-order valence-corrected chi connectivity index (χ1v) is 28.5. The number of phosphoric acid groups is 3. The molecule has 0 radical (unpaired) electrons. The highest BCUT2D eigenvalue weighted by Gasteiger charge is 2.56. The largest absolute Gasteiger partial charge is 0.472 e. The second-order valence-corrected chi connectivity index (χ2v) is 20.5. The molecule has 0 bridgehead atoms. The monoisotopic (exact) mass is 1020 g/mol. The highest BCUT2D eigenvalue weighted by Crippen LogP contribution is 2.51. The van der Waals surface area contributed by atoms with Crippen LogP contribution in [0.25, 0.3) is 0 Å². The minimum absolute atomic E-state index is 0.0534. The molecule has 0 spiro atoms. The zero-order valence-electron chi connectivity index (χ0n) is 39.5. The molecule has 22 heteroatoms. The number of carbonyl (C=O) groups is 2. The van der Waals surface area contributed by atoms with Crippen molar-refractivity contribution < 1.29 is 90.6 Å². The van der Waals surface area contributed by atoms with E-state index in [1.54, 1.807) is 0 Å². The number of allylic oxidation sites excluding steroid dienone is 8. The van der Waals surface area contributed by atoms with Crippen molar-refractivity contribution in [1.29, 1.82) is 0 Å². The van der Waals surface area contributed by atoms with Crippen LogP contribution in [0.1, 0.15) is 168 Å². The van der Waals surface area contributed by atoms with E-state index in [1.807, 2.05) is 12.2 Å². The number of ether oxygens (including phenoxy) is 2. The highest BCUT2D eigenvalue weighted by atomic mass is 31.2. The van der Waals surface area contributed by atoms with Gasteiger partial charge in [-0.05, 0) is 77.0 Å². The van der Waals surface area contributed by atoms with Gasteiger partial charge in [0.2, 0.25) is 0 Å². The van der Waals surface area contributed by atoms with Crippen molar-refractivity contribution in [3.8, 4) is 0 Å². The molecule has 1 fully saturated rings. The molecule has 8 N–H and O–H groups in total. The van der Waals surface area contributed by atoms with Crippen LogP contribution in [-0.4, -0.2) is 108 Å². The number of carbonyl (C=O) groups excluding carboxylic acids is 2. The Morgan fingerprint density at radius 3 is 1.40 bits per heavy atom. The maximum absolute atomic E-state index is 13.1. The minimum atomic E-state index is -5.61. The Morgan fingerprint density at radius 1 is 0.478 bits per heavy atom. The van der Waals surface area contributed by atoms with Crippen molar-refractivity contribution in [3.05, 3.63) is 48.6 Å². The topological polar surface area (TPSA) is 303 Å². The van der Waals surface area contributed by atoms with Crippen LogP contribution < -0.4 is 0 Å². The molecular formula is C45H81O19P3. The third-order valence-corrected chi connectivity index (χ3v) is 12.6. The third kappa shape index (κ3) is 33.4. The first-order valence-electron chi connectivity index (χ1n) is 23.9. The molecule has 8 unspecified atom stereocenters. The summed E-state index contributed by atoms with van der Waals surface area (Å²) in [6.07, 6.45) is 22.8. The van der Waals surface area contributed by atoms with Crippen molar-refractivity contribution >= 4 is 35.4 Å². The maximum atomic E-state index is 13.1. The molecule has 0 aromatic carbocycles. The van der Waals surface area contributed by atoms with Crippen LogP contribution in [0.2, 0.25) is 0 Å². The fourth-order valence-corrected chi connectivity index (χ4v) is 9.09. The quantitative estimate of drug-likeness (QED) is 0.0123. The first-order chi connectivity index (χ1) is 31.8. The molecule has 1 aliphatic rings. The van der Waals surface area contributed by atoms with E-state index in [9.17, 15) is 63.1 Å². The molecule has 67 heavy (non-hydrogen) atoms. The Morgan fingerprint density at radius 2 is 0.866 bits per heavy atom. The first kappa shape index (κ1) is 63.1. The van der Waals surface area contributed by atoms with Gasteiger partial charge in [0.15, 0.2) is 6.10 Å². The van der Waals surface area contributed by atoms with Crippen LogP contribution in [0.5, 0.6) is 0 Å². The summed E-state index contributed by atoms with van der Waals surface area (Å²) in [6, 6.07) is 0. The third-order valence-electron chi connectivity index (χ3n) is 10.6. The number of phosphoric ester groups is 3. The fourth-order valence-electron chi connectivity index (χ4n) is 6.99. The van der Waals surface area contributed by atoms with Crippen LogP contribution in [-0.2, 0) is 50.9 Å². The molecule has 8 atom stereocenters. The van der Waals surface area contributed by atoms with Crippen molar-refractivity contribution in [1.82, 2.24) is 0 Å². The molecule has 0 aromatic heterocycles. The van der Waals surface area contributed by atoms with E-state index in [-0.39, 0.29) is 12.8 Å². The molecule has 1 saturated carbocycles.